The number of anilines is 1. The van der Waals surface area contributed by atoms with Crippen molar-refractivity contribution in [2.45, 2.75) is 11.7 Å². The molecule has 1 atom stereocenters. The average Bonchev–Trinajstić information content (AvgIpc) is 2.94. The lowest BCUT2D eigenvalue weighted by molar-refractivity contribution is -0.118. The molecule has 1 aromatic carbocycles. The van der Waals surface area contributed by atoms with Crippen LogP contribution in [0, 0.1) is 0 Å². The minimum atomic E-state index is -0.341. The van der Waals surface area contributed by atoms with Crippen molar-refractivity contribution >= 4 is 41.1 Å². The Morgan fingerprint density at radius 2 is 1.93 bits per heavy atom. The van der Waals surface area contributed by atoms with Crippen molar-refractivity contribution in [3.8, 4) is 5.75 Å². The van der Waals surface area contributed by atoms with Gasteiger partial charge in [-0.15, -0.1) is 12.4 Å². The number of carbonyl (C=O) groups excluding carboxylic acids is 2. The Morgan fingerprint density at radius 1 is 1.19 bits per heavy atom. The quantitative estimate of drug-likeness (QED) is 0.748. The minimum Gasteiger partial charge on any atom is -0.492 e. The van der Waals surface area contributed by atoms with E-state index < -0.39 is 0 Å². The van der Waals surface area contributed by atoms with Crippen LogP contribution in [0.25, 0.3) is 0 Å². The van der Waals surface area contributed by atoms with E-state index in [1.807, 2.05) is 54.4 Å². The molecule has 1 fully saturated rings. The number of imide groups is 1. The highest BCUT2D eigenvalue weighted by molar-refractivity contribution is 8.15. The van der Waals surface area contributed by atoms with E-state index in [0.29, 0.717) is 13.0 Å². The maximum atomic E-state index is 11.6. The number of amides is 2. The lowest BCUT2D eigenvalue weighted by Gasteiger charge is -2.18. The van der Waals surface area contributed by atoms with Crippen LogP contribution in [0.15, 0.2) is 48.7 Å². The van der Waals surface area contributed by atoms with E-state index in [0.717, 1.165) is 35.4 Å². The van der Waals surface area contributed by atoms with Gasteiger partial charge >= 0.3 is 0 Å². The zero-order valence-corrected chi connectivity index (χ0v) is 16.4. The molecule has 3 N–H and O–H groups in total. The standard InChI is InChI=1S/C18H19N3O3S.ClH.H2O/c1-21(16-4-2-3-9-19-16)10-11-24-14-7-5-13(6-8-14)12-15-17(22)20-18(23)25-15;;/h2-9,15H,10-12H2,1H3,(H,20,22,23);1H;1H2/t15-;;/m0../s1. The van der Waals surface area contributed by atoms with Crippen molar-refractivity contribution in [2.75, 3.05) is 25.1 Å². The molecule has 1 saturated heterocycles. The second-order valence-corrected chi connectivity index (χ2v) is 6.86. The predicted molar refractivity (Wildman–Crippen MR) is 109 cm³/mol. The Balaban J connectivity index is 0.00000182. The number of thioether (sulfide) groups is 1. The molecule has 9 heteroatoms. The average molecular weight is 412 g/mol. The van der Waals surface area contributed by atoms with E-state index in [-0.39, 0.29) is 34.3 Å². The number of aromatic nitrogens is 1. The van der Waals surface area contributed by atoms with Gasteiger partial charge in [0.1, 0.15) is 18.2 Å². The summed E-state index contributed by atoms with van der Waals surface area (Å²) in [4.78, 5) is 29.1. The predicted octanol–water partition coefficient (Wildman–Crippen LogP) is 2.09. The molecule has 0 unspecified atom stereocenters. The minimum absolute atomic E-state index is 0. The monoisotopic (exact) mass is 411 g/mol. The molecule has 146 valence electrons. The summed E-state index contributed by atoms with van der Waals surface area (Å²) in [7, 11) is 1.97. The van der Waals surface area contributed by atoms with Gasteiger partial charge in [0.05, 0.1) is 11.8 Å². The highest BCUT2D eigenvalue weighted by Gasteiger charge is 2.31. The Morgan fingerprint density at radius 3 is 2.52 bits per heavy atom. The fraction of sp³-hybridized carbons (Fsp3) is 0.278. The van der Waals surface area contributed by atoms with Gasteiger partial charge < -0.3 is 15.1 Å². The molecular weight excluding hydrogens is 390 g/mol. The lowest BCUT2D eigenvalue weighted by Crippen LogP contribution is -2.25. The number of hydrogen-bond acceptors (Lipinski definition) is 6. The zero-order chi connectivity index (χ0) is 17.6. The smallest absolute Gasteiger partial charge is 0.286 e. The number of rotatable bonds is 7. The number of halogens is 1. The summed E-state index contributed by atoms with van der Waals surface area (Å²) in [6.45, 7) is 1.27. The molecule has 3 rings (SSSR count). The molecule has 2 heterocycles. The van der Waals surface area contributed by atoms with Gasteiger partial charge in [-0.3, -0.25) is 14.9 Å². The molecule has 1 aromatic heterocycles. The van der Waals surface area contributed by atoms with Crippen LogP contribution >= 0.6 is 24.2 Å². The van der Waals surface area contributed by atoms with Crippen LogP contribution in [-0.2, 0) is 11.2 Å². The van der Waals surface area contributed by atoms with Crippen molar-refractivity contribution in [1.82, 2.24) is 10.3 Å². The number of hydrogen-bond donors (Lipinski definition) is 1. The number of likely N-dealkylation sites (N-methyl/N-ethyl adjacent to an activating group) is 1. The summed E-state index contributed by atoms with van der Waals surface area (Å²) < 4.78 is 5.75. The highest BCUT2D eigenvalue weighted by Crippen LogP contribution is 2.23. The molecule has 0 radical (unpaired) electrons. The lowest BCUT2D eigenvalue weighted by atomic mass is 10.1. The molecule has 0 aliphatic carbocycles. The van der Waals surface area contributed by atoms with E-state index in [2.05, 4.69) is 10.3 Å². The normalized spacial score (nSPS) is 15.4. The summed E-state index contributed by atoms with van der Waals surface area (Å²) in [6, 6.07) is 13.4. The molecule has 0 spiro atoms. The van der Waals surface area contributed by atoms with E-state index in [9.17, 15) is 9.59 Å². The van der Waals surface area contributed by atoms with Gasteiger partial charge in [0.25, 0.3) is 5.24 Å². The number of benzene rings is 1. The Kier molecular flexibility index (Phi) is 9.07. The largest absolute Gasteiger partial charge is 0.492 e. The first-order chi connectivity index (χ1) is 12.1. The third kappa shape index (κ3) is 6.42. The van der Waals surface area contributed by atoms with Crippen molar-refractivity contribution in [3.63, 3.8) is 0 Å². The molecule has 2 amide bonds. The van der Waals surface area contributed by atoms with E-state index >= 15 is 0 Å². The summed E-state index contributed by atoms with van der Waals surface area (Å²) in [5.41, 5.74) is 1.00. The van der Waals surface area contributed by atoms with Gasteiger partial charge in [0.15, 0.2) is 0 Å². The van der Waals surface area contributed by atoms with Gasteiger partial charge in [-0.1, -0.05) is 30.0 Å². The van der Waals surface area contributed by atoms with E-state index in [1.165, 1.54) is 0 Å². The number of pyridine rings is 1. The third-order valence-corrected chi connectivity index (χ3v) is 4.83. The summed E-state index contributed by atoms with van der Waals surface area (Å²) >= 11 is 1.05. The van der Waals surface area contributed by atoms with Crippen LogP contribution in [0.3, 0.4) is 0 Å². The number of ether oxygens (including phenoxy) is 1. The number of nitrogens with zero attached hydrogens (tertiary/aromatic N) is 2. The summed E-state index contributed by atoms with van der Waals surface area (Å²) in [5, 5.41) is 1.69. The van der Waals surface area contributed by atoms with E-state index in [1.54, 1.807) is 6.20 Å². The molecular formula is C18H22ClN3O4S. The second kappa shape index (κ2) is 10.8. The molecule has 1 aliphatic rings. The van der Waals surface area contributed by atoms with Crippen LogP contribution in [-0.4, -0.2) is 47.1 Å². The maximum absolute atomic E-state index is 11.6. The van der Waals surface area contributed by atoms with Gasteiger partial charge in [-0.2, -0.15) is 0 Å². The van der Waals surface area contributed by atoms with Crippen LogP contribution in [0.4, 0.5) is 10.6 Å². The first-order valence-corrected chi connectivity index (χ1v) is 8.85. The van der Waals surface area contributed by atoms with Crippen LogP contribution in [0.2, 0.25) is 0 Å². The van der Waals surface area contributed by atoms with Gasteiger partial charge in [0.2, 0.25) is 5.91 Å². The first kappa shape index (κ1) is 22.8. The fourth-order valence-electron chi connectivity index (χ4n) is 2.46. The molecule has 2 aromatic rings. The molecule has 1 aliphatic heterocycles. The van der Waals surface area contributed by atoms with Gasteiger partial charge in [-0.25, -0.2) is 4.98 Å². The summed E-state index contributed by atoms with van der Waals surface area (Å²) in [6.07, 6.45) is 2.30. The van der Waals surface area contributed by atoms with Crippen LogP contribution in [0.5, 0.6) is 5.75 Å². The van der Waals surface area contributed by atoms with Crippen molar-refractivity contribution in [1.29, 1.82) is 0 Å². The highest BCUT2D eigenvalue weighted by atomic mass is 35.5. The number of nitrogens with one attached hydrogen (secondary N) is 1. The Bertz CT molecular complexity index is 746. The first-order valence-electron chi connectivity index (χ1n) is 7.97. The van der Waals surface area contributed by atoms with Crippen LogP contribution in [0.1, 0.15) is 5.56 Å². The van der Waals surface area contributed by atoms with Gasteiger partial charge in [-0.05, 0) is 36.2 Å². The maximum Gasteiger partial charge on any atom is 0.286 e. The molecule has 7 nitrogen and oxygen atoms in total. The van der Waals surface area contributed by atoms with Gasteiger partial charge in [0, 0.05) is 13.2 Å². The molecule has 0 bridgehead atoms. The third-order valence-electron chi connectivity index (χ3n) is 3.85. The van der Waals surface area contributed by atoms with Crippen molar-refractivity contribution in [3.05, 3.63) is 54.2 Å². The molecule has 27 heavy (non-hydrogen) atoms. The Hall–Kier alpha value is -2.29. The number of carbonyl (C=O) groups is 2. The zero-order valence-electron chi connectivity index (χ0n) is 14.8. The second-order valence-electron chi connectivity index (χ2n) is 5.69. The van der Waals surface area contributed by atoms with Crippen LogP contribution < -0.4 is 15.0 Å². The SMILES string of the molecule is CN(CCOc1ccc(C[C@@H]2SC(=O)NC2=O)cc1)c1ccccn1.Cl.O. The topological polar surface area (TPSA) is 103 Å². The van der Waals surface area contributed by atoms with Crippen molar-refractivity contribution < 1.29 is 19.8 Å². The Labute approximate surface area is 168 Å². The van der Waals surface area contributed by atoms with Crippen molar-refractivity contribution in [2.24, 2.45) is 0 Å². The van der Waals surface area contributed by atoms with E-state index in [4.69, 9.17) is 4.74 Å². The summed E-state index contributed by atoms with van der Waals surface area (Å²) in [5.74, 6) is 1.47. The fourth-order valence-corrected chi connectivity index (χ4v) is 3.32. The molecule has 0 saturated carbocycles.